The molecule has 3 aliphatic carbocycles. The summed E-state index contributed by atoms with van der Waals surface area (Å²) >= 11 is 0. The normalized spacial score (nSPS) is 36.2. The summed E-state index contributed by atoms with van der Waals surface area (Å²) in [6.07, 6.45) is 6.47. The fraction of sp³-hybridized carbons (Fsp3) is 0.682. The van der Waals surface area contributed by atoms with E-state index in [0.29, 0.717) is 11.8 Å². The van der Waals surface area contributed by atoms with Crippen LogP contribution in [0, 0.1) is 29.6 Å². The lowest BCUT2D eigenvalue weighted by Crippen LogP contribution is -2.47. The maximum Gasteiger partial charge on any atom is 0.119 e. The van der Waals surface area contributed by atoms with Gasteiger partial charge in [-0.3, -0.25) is 4.99 Å². The Kier molecular flexibility index (Phi) is 4.61. The maximum absolute atomic E-state index is 5.99. The standard InChI is InChI=1S/C22H32N2O/c1-4-16-13(2)14-5-7-17(16)20(11-14)22-18(9-10-23)19-12-15(25-3)6-8-21(19)24-22/h6,8,12-14,16-18,20H,4-5,7,9-11,23H2,1-3H3/t13?,14?,16-,17?,18?,20+/m0/s1. The van der Waals surface area contributed by atoms with E-state index >= 15 is 0 Å². The van der Waals surface area contributed by atoms with E-state index in [0.717, 1.165) is 48.1 Å². The van der Waals surface area contributed by atoms with Gasteiger partial charge >= 0.3 is 0 Å². The molecular weight excluding hydrogens is 308 g/mol. The van der Waals surface area contributed by atoms with Crippen LogP contribution in [0.1, 0.15) is 57.4 Å². The molecule has 1 aliphatic heterocycles. The van der Waals surface area contributed by atoms with Gasteiger partial charge in [0.2, 0.25) is 0 Å². The average molecular weight is 341 g/mol. The molecule has 0 aromatic heterocycles. The Labute approximate surface area is 152 Å². The van der Waals surface area contributed by atoms with Crippen LogP contribution in [0.3, 0.4) is 0 Å². The monoisotopic (exact) mass is 340 g/mol. The molecule has 5 rings (SSSR count). The number of hydrogen-bond acceptors (Lipinski definition) is 3. The van der Waals surface area contributed by atoms with Gasteiger partial charge < -0.3 is 10.5 Å². The highest BCUT2D eigenvalue weighted by Crippen LogP contribution is 2.56. The van der Waals surface area contributed by atoms with Crippen molar-refractivity contribution in [1.82, 2.24) is 0 Å². The molecular formula is C22H32N2O. The zero-order chi connectivity index (χ0) is 17.6. The second-order valence-corrected chi connectivity index (χ2v) is 8.37. The highest BCUT2D eigenvalue weighted by atomic mass is 16.5. The van der Waals surface area contributed by atoms with Gasteiger partial charge in [-0.15, -0.1) is 0 Å². The lowest BCUT2D eigenvalue weighted by Gasteiger charge is -2.52. The molecule has 4 unspecified atom stereocenters. The van der Waals surface area contributed by atoms with Crippen LogP contribution in [-0.2, 0) is 0 Å². The van der Waals surface area contributed by atoms with E-state index in [1.165, 1.54) is 37.0 Å². The summed E-state index contributed by atoms with van der Waals surface area (Å²) in [4.78, 5) is 5.17. The van der Waals surface area contributed by atoms with Crippen molar-refractivity contribution in [1.29, 1.82) is 0 Å². The number of ether oxygens (including phenoxy) is 1. The van der Waals surface area contributed by atoms with Crippen molar-refractivity contribution in [3.05, 3.63) is 23.8 Å². The highest BCUT2D eigenvalue weighted by Gasteiger charge is 2.49. The summed E-state index contributed by atoms with van der Waals surface area (Å²) in [7, 11) is 1.74. The Morgan fingerprint density at radius 1 is 1.28 bits per heavy atom. The summed E-state index contributed by atoms with van der Waals surface area (Å²) in [5.74, 6) is 5.46. The van der Waals surface area contributed by atoms with Crippen molar-refractivity contribution >= 4 is 11.4 Å². The first-order chi connectivity index (χ1) is 12.2. The van der Waals surface area contributed by atoms with Gasteiger partial charge in [-0.25, -0.2) is 0 Å². The van der Waals surface area contributed by atoms with E-state index in [9.17, 15) is 0 Å². The van der Waals surface area contributed by atoms with Crippen LogP contribution < -0.4 is 10.5 Å². The number of nitrogens with zero attached hydrogens (tertiary/aromatic N) is 1. The van der Waals surface area contributed by atoms with Crippen molar-refractivity contribution in [2.75, 3.05) is 13.7 Å². The lowest BCUT2D eigenvalue weighted by molar-refractivity contribution is 0.00656. The predicted octanol–water partition coefficient (Wildman–Crippen LogP) is 4.92. The van der Waals surface area contributed by atoms with Crippen LogP contribution in [0.25, 0.3) is 0 Å². The van der Waals surface area contributed by atoms with Gasteiger partial charge in [0.05, 0.1) is 12.8 Å². The molecule has 3 nitrogen and oxygen atoms in total. The topological polar surface area (TPSA) is 47.6 Å². The highest BCUT2D eigenvalue weighted by molar-refractivity contribution is 6.00. The van der Waals surface area contributed by atoms with Crippen molar-refractivity contribution in [3.63, 3.8) is 0 Å². The molecule has 2 N–H and O–H groups in total. The minimum atomic E-state index is 0.396. The quantitative estimate of drug-likeness (QED) is 0.827. The zero-order valence-corrected chi connectivity index (χ0v) is 15.9. The Morgan fingerprint density at radius 2 is 2.12 bits per heavy atom. The lowest BCUT2D eigenvalue weighted by atomic mass is 9.52. The summed E-state index contributed by atoms with van der Waals surface area (Å²) in [5, 5.41) is 0. The molecule has 0 amide bonds. The van der Waals surface area contributed by atoms with Crippen molar-refractivity contribution in [3.8, 4) is 5.75 Å². The fourth-order valence-corrected chi connectivity index (χ4v) is 6.20. The third kappa shape index (κ3) is 2.71. The Morgan fingerprint density at radius 3 is 2.84 bits per heavy atom. The van der Waals surface area contributed by atoms with Gasteiger partial charge in [-0.2, -0.15) is 0 Å². The molecule has 3 saturated carbocycles. The number of fused-ring (bicyclic) bond motifs is 4. The summed E-state index contributed by atoms with van der Waals surface area (Å²) in [6.45, 7) is 5.59. The van der Waals surface area contributed by atoms with Gasteiger partial charge in [-0.1, -0.05) is 20.3 Å². The summed E-state index contributed by atoms with van der Waals surface area (Å²) in [6, 6.07) is 6.35. The number of benzene rings is 1. The number of aliphatic imine (C=N–C) groups is 1. The molecule has 0 radical (unpaired) electrons. The molecule has 3 fully saturated rings. The maximum atomic E-state index is 5.99. The van der Waals surface area contributed by atoms with E-state index in [-0.39, 0.29) is 0 Å². The number of nitrogens with two attached hydrogens (primary N) is 1. The van der Waals surface area contributed by atoms with Crippen LogP contribution >= 0.6 is 0 Å². The van der Waals surface area contributed by atoms with Crippen LogP contribution in [0.4, 0.5) is 5.69 Å². The first-order valence-corrected chi connectivity index (χ1v) is 10.1. The minimum absolute atomic E-state index is 0.396. The number of methoxy groups -OCH3 is 1. The van der Waals surface area contributed by atoms with E-state index < -0.39 is 0 Å². The third-order valence-electron chi connectivity index (χ3n) is 7.44. The van der Waals surface area contributed by atoms with Crippen LogP contribution in [0.5, 0.6) is 5.75 Å². The fourth-order valence-electron chi connectivity index (χ4n) is 6.20. The minimum Gasteiger partial charge on any atom is -0.497 e. The van der Waals surface area contributed by atoms with Crippen molar-refractivity contribution < 1.29 is 4.74 Å². The van der Waals surface area contributed by atoms with Gasteiger partial charge in [0.1, 0.15) is 5.75 Å². The molecule has 3 heteroatoms. The Balaban J connectivity index is 1.68. The first kappa shape index (κ1) is 17.1. The summed E-state index contributed by atoms with van der Waals surface area (Å²) in [5.41, 5.74) is 9.92. The van der Waals surface area contributed by atoms with Crippen LogP contribution in [0.2, 0.25) is 0 Å². The molecule has 1 heterocycles. The largest absolute Gasteiger partial charge is 0.497 e. The van der Waals surface area contributed by atoms with E-state index in [1.807, 2.05) is 6.07 Å². The predicted molar refractivity (Wildman–Crippen MR) is 104 cm³/mol. The summed E-state index contributed by atoms with van der Waals surface area (Å²) < 4.78 is 5.46. The molecule has 6 atom stereocenters. The van der Waals surface area contributed by atoms with E-state index in [4.69, 9.17) is 15.5 Å². The molecule has 25 heavy (non-hydrogen) atoms. The van der Waals surface area contributed by atoms with Crippen molar-refractivity contribution in [2.45, 2.75) is 51.9 Å². The average Bonchev–Trinajstić information content (AvgIpc) is 3.00. The van der Waals surface area contributed by atoms with Crippen LogP contribution in [-0.4, -0.2) is 19.4 Å². The van der Waals surface area contributed by atoms with Crippen LogP contribution in [0.15, 0.2) is 23.2 Å². The number of hydrogen-bond donors (Lipinski definition) is 1. The second-order valence-electron chi connectivity index (χ2n) is 8.37. The van der Waals surface area contributed by atoms with Gasteiger partial charge in [-0.05, 0) is 79.7 Å². The smallest absolute Gasteiger partial charge is 0.119 e. The molecule has 0 saturated heterocycles. The Hall–Kier alpha value is -1.35. The molecule has 1 aromatic rings. The Bertz CT molecular complexity index is 668. The molecule has 136 valence electrons. The SMILES string of the molecule is CC[C@H]1C(C)C2CCC1[C@H](C1=Nc3ccc(OC)cc3C1CCN)C2. The third-order valence-corrected chi connectivity index (χ3v) is 7.44. The molecule has 1 aromatic carbocycles. The second kappa shape index (κ2) is 6.75. The zero-order valence-electron chi connectivity index (χ0n) is 15.9. The van der Waals surface area contributed by atoms with Gasteiger partial charge in [0.15, 0.2) is 0 Å². The first-order valence-electron chi connectivity index (χ1n) is 10.1. The van der Waals surface area contributed by atoms with Gasteiger partial charge in [0.25, 0.3) is 0 Å². The molecule has 2 bridgehead atoms. The van der Waals surface area contributed by atoms with Gasteiger partial charge in [0, 0.05) is 17.5 Å². The van der Waals surface area contributed by atoms with E-state index in [1.54, 1.807) is 7.11 Å². The van der Waals surface area contributed by atoms with E-state index in [2.05, 4.69) is 26.0 Å². The van der Waals surface area contributed by atoms with Crippen molar-refractivity contribution in [2.24, 2.45) is 40.3 Å². The molecule has 0 spiro atoms. The molecule has 4 aliphatic rings. The number of rotatable bonds is 5.